The summed E-state index contributed by atoms with van der Waals surface area (Å²) in [4.78, 5) is 16.0. The Morgan fingerprint density at radius 2 is 1.81 bits per heavy atom. The van der Waals surface area contributed by atoms with Crippen molar-refractivity contribution in [3.05, 3.63) is 77.7 Å². The van der Waals surface area contributed by atoms with E-state index < -0.39 is 17.6 Å². The fraction of sp³-hybridized carbons (Fsp3) is 0.111. The van der Waals surface area contributed by atoms with E-state index in [1.54, 1.807) is 18.5 Å². The van der Waals surface area contributed by atoms with Crippen molar-refractivity contribution in [1.29, 1.82) is 0 Å². The van der Waals surface area contributed by atoms with Crippen LogP contribution in [0.15, 0.2) is 60.9 Å². The molecule has 0 radical (unpaired) electrons. The Morgan fingerprint density at radius 1 is 1.00 bits per heavy atom. The van der Waals surface area contributed by atoms with Crippen LogP contribution in [0.4, 0.5) is 24.7 Å². The second kappa shape index (κ2) is 7.81. The maximum absolute atomic E-state index is 13.0. The molecule has 0 spiro atoms. The number of carbonyl (C=O) groups excluding carboxylic acids is 1. The number of amides is 1. The number of halogens is 3. The summed E-state index contributed by atoms with van der Waals surface area (Å²) in [7, 11) is 0. The van der Waals surface area contributed by atoms with Crippen molar-refractivity contribution in [2.75, 3.05) is 5.32 Å². The molecule has 0 aliphatic rings. The number of pyridine rings is 1. The van der Waals surface area contributed by atoms with Gasteiger partial charge in [0.25, 0.3) is 5.91 Å². The lowest BCUT2D eigenvalue weighted by molar-refractivity contribution is -0.136. The van der Waals surface area contributed by atoms with Crippen molar-refractivity contribution < 1.29 is 18.0 Å². The zero-order valence-corrected chi connectivity index (χ0v) is 13.9. The van der Waals surface area contributed by atoms with Gasteiger partial charge in [-0.05, 0) is 35.9 Å². The first-order valence-electron chi connectivity index (χ1n) is 7.87. The van der Waals surface area contributed by atoms with Crippen LogP contribution in [0, 0.1) is 0 Å². The van der Waals surface area contributed by atoms with Gasteiger partial charge in [-0.15, -0.1) is 10.2 Å². The molecule has 0 fully saturated rings. The third kappa shape index (κ3) is 4.78. The molecule has 0 atom stereocenters. The summed E-state index contributed by atoms with van der Waals surface area (Å²) in [5.74, 6) is -0.357. The smallest absolute Gasteiger partial charge is 0.347 e. The van der Waals surface area contributed by atoms with E-state index in [9.17, 15) is 18.0 Å². The molecule has 6 nitrogen and oxygen atoms in total. The van der Waals surface area contributed by atoms with Crippen LogP contribution in [-0.4, -0.2) is 21.1 Å². The van der Waals surface area contributed by atoms with Gasteiger partial charge in [-0.25, -0.2) is 0 Å². The molecule has 0 aliphatic heterocycles. The molecule has 3 rings (SSSR count). The fourth-order valence-electron chi connectivity index (χ4n) is 2.27. The predicted molar refractivity (Wildman–Crippen MR) is 92.2 cm³/mol. The molecule has 3 aromatic rings. The van der Waals surface area contributed by atoms with Gasteiger partial charge in [-0.3, -0.25) is 9.78 Å². The summed E-state index contributed by atoms with van der Waals surface area (Å²) in [5.41, 5.74) is -0.0902. The summed E-state index contributed by atoms with van der Waals surface area (Å²) < 4.78 is 39.0. The minimum Gasteiger partial charge on any atom is -0.347 e. The Kier molecular flexibility index (Phi) is 5.30. The van der Waals surface area contributed by atoms with E-state index in [1.807, 2.05) is 6.07 Å². The Hall–Kier alpha value is -3.49. The SMILES string of the molecule is O=C(NCc1cccnc1)c1ccc(Nc2ccccc2C(F)(F)F)nn1. The quantitative estimate of drug-likeness (QED) is 0.715. The summed E-state index contributed by atoms with van der Waals surface area (Å²) in [5, 5.41) is 12.8. The average molecular weight is 373 g/mol. The van der Waals surface area contributed by atoms with Gasteiger partial charge < -0.3 is 10.6 Å². The first-order valence-corrected chi connectivity index (χ1v) is 7.87. The molecule has 0 saturated carbocycles. The van der Waals surface area contributed by atoms with Gasteiger partial charge in [0.2, 0.25) is 0 Å². The third-order valence-corrected chi connectivity index (χ3v) is 3.57. The van der Waals surface area contributed by atoms with E-state index in [0.29, 0.717) is 0 Å². The maximum Gasteiger partial charge on any atom is 0.418 e. The minimum absolute atomic E-state index is 0.0496. The van der Waals surface area contributed by atoms with E-state index in [2.05, 4.69) is 25.8 Å². The normalized spacial score (nSPS) is 11.1. The molecule has 0 bridgehead atoms. The first kappa shape index (κ1) is 18.3. The highest BCUT2D eigenvalue weighted by Crippen LogP contribution is 2.35. The van der Waals surface area contributed by atoms with Crippen LogP contribution in [-0.2, 0) is 12.7 Å². The number of hydrogen-bond donors (Lipinski definition) is 2. The number of rotatable bonds is 5. The molecule has 0 aliphatic carbocycles. The predicted octanol–water partition coefficient (Wildman–Crippen LogP) is 3.56. The van der Waals surface area contributed by atoms with Gasteiger partial charge in [0.1, 0.15) is 0 Å². The van der Waals surface area contributed by atoms with E-state index in [1.165, 1.54) is 30.3 Å². The molecule has 27 heavy (non-hydrogen) atoms. The number of aromatic nitrogens is 3. The highest BCUT2D eigenvalue weighted by atomic mass is 19.4. The van der Waals surface area contributed by atoms with Gasteiger partial charge in [-0.2, -0.15) is 13.2 Å². The average Bonchev–Trinajstić information content (AvgIpc) is 2.67. The second-order valence-electron chi connectivity index (χ2n) is 5.52. The fourth-order valence-corrected chi connectivity index (χ4v) is 2.27. The lowest BCUT2D eigenvalue weighted by Crippen LogP contribution is -2.24. The topological polar surface area (TPSA) is 79.8 Å². The van der Waals surface area contributed by atoms with Crippen molar-refractivity contribution in [3.8, 4) is 0 Å². The zero-order valence-electron chi connectivity index (χ0n) is 13.9. The van der Waals surface area contributed by atoms with Crippen LogP contribution < -0.4 is 10.6 Å². The molecule has 2 heterocycles. The van der Waals surface area contributed by atoms with E-state index in [-0.39, 0.29) is 23.7 Å². The Morgan fingerprint density at radius 3 is 2.48 bits per heavy atom. The van der Waals surface area contributed by atoms with Crippen LogP contribution in [0.3, 0.4) is 0 Å². The van der Waals surface area contributed by atoms with Gasteiger partial charge >= 0.3 is 6.18 Å². The Labute approximate surface area is 152 Å². The molecule has 2 aromatic heterocycles. The van der Waals surface area contributed by atoms with Crippen LogP contribution in [0.1, 0.15) is 21.6 Å². The number of nitrogens with one attached hydrogen (secondary N) is 2. The number of nitrogens with zero attached hydrogens (tertiary/aromatic N) is 3. The molecule has 138 valence electrons. The molecule has 9 heteroatoms. The molecular weight excluding hydrogens is 359 g/mol. The number of carbonyl (C=O) groups is 1. The Bertz CT molecular complexity index is 914. The lowest BCUT2D eigenvalue weighted by atomic mass is 10.1. The zero-order chi connectivity index (χ0) is 19.3. The number of hydrogen-bond acceptors (Lipinski definition) is 5. The Balaban J connectivity index is 1.66. The number of anilines is 2. The van der Waals surface area contributed by atoms with E-state index >= 15 is 0 Å². The largest absolute Gasteiger partial charge is 0.418 e. The van der Waals surface area contributed by atoms with Crippen molar-refractivity contribution in [2.45, 2.75) is 12.7 Å². The summed E-state index contributed by atoms with van der Waals surface area (Å²) >= 11 is 0. The van der Waals surface area contributed by atoms with E-state index in [0.717, 1.165) is 11.6 Å². The lowest BCUT2D eigenvalue weighted by Gasteiger charge is -2.13. The van der Waals surface area contributed by atoms with Crippen LogP contribution >= 0.6 is 0 Å². The minimum atomic E-state index is -4.50. The van der Waals surface area contributed by atoms with Crippen molar-refractivity contribution in [2.24, 2.45) is 0 Å². The maximum atomic E-state index is 13.0. The monoisotopic (exact) mass is 373 g/mol. The summed E-state index contributed by atoms with van der Waals surface area (Å²) in [6.07, 6.45) is -1.25. The van der Waals surface area contributed by atoms with E-state index in [4.69, 9.17) is 0 Å². The molecule has 0 saturated heterocycles. The van der Waals surface area contributed by atoms with Gasteiger partial charge in [0, 0.05) is 18.9 Å². The molecule has 2 N–H and O–H groups in total. The van der Waals surface area contributed by atoms with Gasteiger partial charge in [-0.1, -0.05) is 18.2 Å². The molecule has 0 unspecified atom stereocenters. The number of para-hydroxylation sites is 1. The first-order chi connectivity index (χ1) is 12.9. The highest BCUT2D eigenvalue weighted by Gasteiger charge is 2.33. The van der Waals surface area contributed by atoms with Gasteiger partial charge in [0.15, 0.2) is 11.5 Å². The molecular formula is C18H14F3N5O. The van der Waals surface area contributed by atoms with Crippen molar-refractivity contribution in [3.63, 3.8) is 0 Å². The van der Waals surface area contributed by atoms with Gasteiger partial charge in [0.05, 0.1) is 11.3 Å². The highest BCUT2D eigenvalue weighted by molar-refractivity contribution is 5.92. The summed E-state index contributed by atoms with van der Waals surface area (Å²) in [6, 6.07) is 11.4. The number of benzene rings is 1. The molecule has 1 amide bonds. The van der Waals surface area contributed by atoms with Crippen LogP contribution in [0.5, 0.6) is 0 Å². The summed E-state index contributed by atoms with van der Waals surface area (Å²) in [6.45, 7) is 0.271. The standard InChI is InChI=1S/C18H14F3N5O/c19-18(20,21)13-5-1-2-6-14(13)24-16-8-7-15(25-26-16)17(27)23-11-12-4-3-9-22-10-12/h1-10H,11H2,(H,23,27)(H,24,26). The van der Waals surface area contributed by atoms with Crippen LogP contribution in [0.25, 0.3) is 0 Å². The third-order valence-electron chi connectivity index (χ3n) is 3.57. The van der Waals surface area contributed by atoms with Crippen molar-refractivity contribution >= 4 is 17.4 Å². The van der Waals surface area contributed by atoms with Crippen LogP contribution in [0.2, 0.25) is 0 Å². The second-order valence-corrected chi connectivity index (χ2v) is 5.52. The van der Waals surface area contributed by atoms with Crippen molar-refractivity contribution in [1.82, 2.24) is 20.5 Å². The number of alkyl halides is 3. The molecule has 1 aromatic carbocycles.